The number of nitrogens with zero attached hydrogens (tertiary/aromatic N) is 1. The number of carboxylic acid groups (broad SMARTS) is 1. The van der Waals surface area contributed by atoms with Crippen molar-refractivity contribution in [1.82, 2.24) is 4.90 Å². The molecule has 0 saturated heterocycles. The lowest BCUT2D eigenvalue weighted by Gasteiger charge is -2.20. The fourth-order valence-corrected chi connectivity index (χ4v) is 2.36. The minimum absolute atomic E-state index is 0.101. The van der Waals surface area contributed by atoms with Gasteiger partial charge < -0.3 is 15.1 Å². The van der Waals surface area contributed by atoms with Gasteiger partial charge in [0.15, 0.2) is 0 Å². The topological polar surface area (TPSA) is 77.8 Å². The molecule has 5 heteroatoms. The van der Waals surface area contributed by atoms with E-state index in [1.807, 2.05) is 0 Å². The highest BCUT2D eigenvalue weighted by Crippen LogP contribution is 2.13. The average molecular weight is 283 g/mol. The Balaban J connectivity index is 1.86. The van der Waals surface area contributed by atoms with Gasteiger partial charge in [0.05, 0.1) is 0 Å². The van der Waals surface area contributed by atoms with Gasteiger partial charge in [0, 0.05) is 19.0 Å². The van der Waals surface area contributed by atoms with Gasteiger partial charge in [0.25, 0.3) is 0 Å². The third-order valence-electron chi connectivity index (χ3n) is 3.55. The number of amides is 1. The lowest BCUT2D eigenvalue weighted by atomic mass is 10.1. The van der Waals surface area contributed by atoms with Crippen LogP contribution in [0, 0.1) is 0 Å². The van der Waals surface area contributed by atoms with E-state index in [4.69, 9.17) is 5.11 Å². The van der Waals surface area contributed by atoms with Crippen LogP contribution in [0.25, 0.3) is 0 Å². The Morgan fingerprint density at radius 1 is 1.05 bits per heavy atom. The Morgan fingerprint density at radius 3 is 2.10 bits per heavy atom. The van der Waals surface area contributed by atoms with Gasteiger partial charge in [-0.25, -0.2) is 0 Å². The number of hydrogen-bond acceptors (Lipinski definition) is 3. The molecule has 0 aromatic rings. The molecule has 0 bridgehead atoms. The molecule has 1 rings (SSSR count). The number of aliphatic hydroxyl groups is 1. The molecule has 1 heterocycles. The highest BCUT2D eigenvalue weighted by molar-refractivity contribution is 5.90. The van der Waals surface area contributed by atoms with E-state index in [-0.39, 0.29) is 12.3 Å². The fraction of sp³-hybridized carbons (Fsp3) is 0.733. The number of aliphatic hydroxyl groups excluding tert-OH is 1. The molecule has 5 nitrogen and oxygen atoms in total. The van der Waals surface area contributed by atoms with Crippen LogP contribution in [0.3, 0.4) is 0 Å². The summed E-state index contributed by atoms with van der Waals surface area (Å²) in [6, 6.07) is 0. The summed E-state index contributed by atoms with van der Waals surface area (Å²) in [5.41, 5.74) is 0. The fourth-order valence-electron chi connectivity index (χ4n) is 2.36. The molecule has 0 spiro atoms. The maximum absolute atomic E-state index is 11.3. The molecular formula is C15H25NO4. The van der Waals surface area contributed by atoms with Crippen LogP contribution in [0.4, 0.5) is 0 Å². The molecule has 0 radical (unpaired) electrons. The van der Waals surface area contributed by atoms with Crippen LogP contribution < -0.4 is 0 Å². The molecular weight excluding hydrogens is 258 g/mol. The van der Waals surface area contributed by atoms with Crippen LogP contribution >= 0.6 is 0 Å². The smallest absolute Gasteiger partial charge is 0.303 e. The number of hydrogen-bond donors (Lipinski definition) is 2. The first-order chi connectivity index (χ1) is 9.61. The summed E-state index contributed by atoms with van der Waals surface area (Å²) in [5.74, 6) is -0.811. The normalized spacial score (nSPS) is 17.9. The van der Waals surface area contributed by atoms with E-state index in [1.165, 1.54) is 17.1 Å². The van der Waals surface area contributed by atoms with Gasteiger partial charge in [0.2, 0.25) is 5.91 Å². The van der Waals surface area contributed by atoms with Gasteiger partial charge in [-0.2, -0.15) is 0 Å². The SMILES string of the molecule is O=C(O)CCCCCCCCCCN1C(=O)C=CC1O. The van der Waals surface area contributed by atoms with Crippen molar-refractivity contribution in [3.63, 3.8) is 0 Å². The Kier molecular flexibility index (Phi) is 7.95. The summed E-state index contributed by atoms with van der Waals surface area (Å²) in [5, 5.41) is 18.0. The molecule has 1 atom stereocenters. The number of carbonyl (C=O) groups excluding carboxylic acids is 1. The predicted octanol–water partition coefficient (Wildman–Crippen LogP) is 2.30. The van der Waals surface area contributed by atoms with Crippen molar-refractivity contribution < 1.29 is 19.8 Å². The molecule has 0 saturated carbocycles. The van der Waals surface area contributed by atoms with Crippen LogP contribution in [0.1, 0.15) is 57.8 Å². The summed E-state index contributed by atoms with van der Waals surface area (Å²) in [7, 11) is 0. The third-order valence-corrected chi connectivity index (χ3v) is 3.55. The van der Waals surface area contributed by atoms with E-state index in [0.717, 1.165) is 51.4 Å². The monoisotopic (exact) mass is 283 g/mol. The first-order valence-corrected chi connectivity index (χ1v) is 7.50. The van der Waals surface area contributed by atoms with Gasteiger partial charge in [-0.15, -0.1) is 0 Å². The lowest BCUT2D eigenvalue weighted by Crippen LogP contribution is -2.34. The van der Waals surface area contributed by atoms with Crippen molar-refractivity contribution in [2.45, 2.75) is 64.0 Å². The summed E-state index contributed by atoms with van der Waals surface area (Å²) in [6.45, 7) is 0.617. The zero-order valence-corrected chi connectivity index (χ0v) is 12.0. The van der Waals surface area contributed by atoms with Gasteiger partial charge in [-0.05, 0) is 18.9 Å². The second-order valence-corrected chi connectivity index (χ2v) is 5.28. The van der Waals surface area contributed by atoms with Crippen molar-refractivity contribution in [3.8, 4) is 0 Å². The molecule has 1 aliphatic rings. The standard InChI is InChI=1S/C15H25NO4/c17-13-10-11-14(18)16(13)12-8-6-4-2-1-3-5-7-9-15(19)20/h10-11,13,17H,1-9,12H2,(H,19,20). The predicted molar refractivity (Wildman–Crippen MR) is 76.0 cm³/mol. The summed E-state index contributed by atoms with van der Waals surface area (Å²) in [4.78, 5) is 23.1. The summed E-state index contributed by atoms with van der Waals surface area (Å²) in [6.07, 6.45) is 10.7. The first-order valence-electron chi connectivity index (χ1n) is 7.50. The lowest BCUT2D eigenvalue weighted by molar-refractivity contribution is -0.137. The number of carboxylic acids is 1. The zero-order chi connectivity index (χ0) is 14.8. The summed E-state index contributed by atoms with van der Waals surface area (Å²) < 4.78 is 0. The van der Waals surface area contributed by atoms with Crippen LogP contribution in [-0.4, -0.2) is 39.8 Å². The van der Waals surface area contributed by atoms with Crippen molar-refractivity contribution in [2.24, 2.45) is 0 Å². The van der Waals surface area contributed by atoms with Gasteiger partial charge >= 0.3 is 5.97 Å². The quantitative estimate of drug-likeness (QED) is 0.570. The minimum Gasteiger partial charge on any atom is -0.481 e. The van der Waals surface area contributed by atoms with Crippen LogP contribution in [0.15, 0.2) is 12.2 Å². The van der Waals surface area contributed by atoms with E-state index in [0.29, 0.717) is 6.54 Å². The summed E-state index contributed by atoms with van der Waals surface area (Å²) >= 11 is 0. The highest BCUT2D eigenvalue weighted by Gasteiger charge is 2.22. The number of rotatable bonds is 11. The van der Waals surface area contributed by atoms with Gasteiger partial charge in [-0.3, -0.25) is 9.59 Å². The molecule has 20 heavy (non-hydrogen) atoms. The Hall–Kier alpha value is -1.36. The van der Waals surface area contributed by atoms with Crippen molar-refractivity contribution in [2.75, 3.05) is 6.54 Å². The van der Waals surface area contributed by atoms with Crippen molar-refractivity contribution in [1.29, 1.82) is 0 Å². The van der Waals surface area contributed by atoms with Crippen LogP contribution in [0.5, 0.6) is 0 Å². The van der Waals surface area contributed by atoms with E-state index in [2.05, 4.69) is 0 Å². The maximum Gasteiger partial charge on any atom is 0.303 e. The number of unbranched alkanes of at least 4 members (excludes halogenated alkanes) is 7. The number of carbonyl (C=O) groups is 2. The molecule has 0 aromatic heterocycles. The van der Waals surface area contributed by atoms with E-state index < -0.39 is 12.2 Å². The van der Waals surface area contributed by atoms with E-state index in [9.17, 15) is 14.7 Å². The van der Waals surface area contributed by atoms with Crippen molar-refractivity contribution in [3.05, 3.63) is 12.2 Å². The Labute approximate surface area is 120 Å². The molecule has 2 N–H and O–H groups in total. The minimum atomic E-state index is -0.739. The molecule has 0 aliphatic carbocycles. The third kappa shape index (κ3) is 6.70. The van der Waals surface area contributed by atoms with Gasteiger partial charge in [-0.1, -0.05) is 38.5 Å². The first kappa shape index (κ1) is 16.7. The second kappa shape index (κ2) is 9.53. The maximum atomic E-state index is 11.3. The Bertz CT molecular complexity index is 341. The molecule has 1 unspecified atom stereocenters. The largest absolute Gasteiger partial charge is 0.481 e. The molecule has 0 aromatic carbocycles. The van der Waals surface area contributed by atoms with E-state index >= 15 is 0 Å². The van der Waals surface area contributed by atoms with Crippen LogP contribution in [-0.2, 0) is 9.59 Å². The highest BCUT2D eigenvalue weighted by atomic mass is 16.4. The number of aliphatic carboxylic acids is 1. The molecule has 1 aliphatic heterocycles. The molecule has 114 valence electrons. The van der Waals surface area contributed by atoms with E-state index in [1.54, 1.807) is 0 Å². The van der Waals surface area contributed by atoms with Gasteiger partial charge in [0.1, 0.15) is 6.23 Å². The molecule has 1 amide bonds. The second-order valence-electron chi connectivity index (χ2n) is 5.28. The van der Waals surface area contributed by atoms with Crippen molar-refractivity contribution >= 4 is 11.9 Å². The zero-order valence-electron chi connectivity index (χ0n) is 12.0. The molecule has 0 fully saturated rings. The Morgan fingerprint density at radius 2 is 1.60 bits per heavy atom. The van der Waals surface area contributed by atoms with Crippen LogP contribution in [0.2, 0.25) is 0 Å². The average Bonchev–Trinajstić information content (AvgIpc) is 2.71.